The molecule has 3 heterocycles. The Morgan fingerprint density at radius 1 is 1.17 bits per heavy atom. The number of phosphoric acid groups is 3. The molecule has 0 bridgehead atoms. The van der Waals surface area contributed by atoms with Gasteiger partial charge in [-0.15, -0.1) is 0 Å². The van der Waals surface area contributed by atoms with Gasteiger partial charge in [0.05, 0.1) is 19.9 Å². The van der Waals surface area contributed by atoms with E-state index in [1.54, 1.807) is 0 Å². The van der Waals surface area contributed by atoms with E-state index in [0.717, 1.165) is 17.3 Å². The zero-order chi connectivity index (χ0) is 40.0. The largest absolute Gasteiger partial charge is 0.481 e. The number of amides is 2. The van der Waals surface area contributed by atoms with Crippen molar-refractivity contribution in [1.29, 1.82) is 0 Å². The number of aliphatic imine (C=N–C) groups is 3. The molecule has 53 heavy (non-hydrogen) atoms. The summed E-state index contributed by atoms with van der Waals surface area (Å²) < 4.78 is 61.4. The molecule has 1 saturated heterocycles. The van der Waals surface area contributed by atoms with Gasteiger partial charge in [-0.1, -0.05) is 19.9 Å². The first-order valence-electron chi connectivity index (χ1n) is 15.4. The average molecular weight is 838 g/mol. The quantitative estimate of drug-likeness (QED) is 0.0350. The molecule has 24 nitrogen and oxygen atoms in total. The number of ketones is 1. The van der Waals surface area contributed by atoms with Gasteiger partial charge < -0.3 is 50.9 Å². The fourth-order valence-corrected chi connectivity index (χ4v) is 8.03. The van der Waals surface area contributed by atoms with Gasteiger partial charge in [0.1, 0.15) is 42.7 Å². The lowest BCUT2D eigenvalue weighted by molar-refractivity contribution is -0.140. The summed E-state index contributed by atoms with van der Waals surface area (Å²) in [5.41, 5.74) is 2.15. The van der Waals surface area contributed by atoms with Crippen LogP contribution >= 0.6 is 36.1 Å². The van der Waals surface area contributed by atoms with Gasteiger partial charge in [-0.25, -0.2) is 28.6 Å². The molecule has 3 rings (SSSR count). The number of nitrogens with one attached hydrogen (secondary N) is 2. The molecule has 3 aliphatic rings. The van der Waals surface area contributed by atoms with Gasteiger partial charge >= 0.3 is 23.5 Å². The summed E-state index contributed by atoms with van der Waals surface area (Å²) in [5, 5.41) is 26.5. The highest BCUT2D eigenvalue weighted by molar-refractivity contribution is 7.80. The second kappa shape index (κ2) is 18.1. The summed E-state index contributed by atoms with van der Waals surface area (Å²) in [6.45, 7) is 1.67. The van der Waals surface area contributed by atoms with Crippen molar-refractivity contribution in [1.82, 2.24) is 15.5 Å². The summed E-state index contributed by atoms with van der Waals surface area (Å²) in [7, 11) is -16.6. The summed E-state index contributed by atoms with van der Waals surface area (Å²) in [5.74, 6) is -1.87. The number of fused-ring (bicyclic) bond motifs is 1. The van der Waals surface area contributed by atoms with Crippen molar-refractivity contribution >= 4 is 71.6 Å². The molecule has 0 aromatic carbocycles. The molecule has 3 aliphatic heterocycles. The first-order valence-corrected chi connectivity index (χ1v) is 20.6. The van der Waals surface area contributed by atoms with Crippen molar-refractivity contribution in [2.75, 3.05) is 38.7 Å². The van der Waals surface area contributed by atoms with Crippen molar-refractivity contribution in [3.8, 4) is 0 Å². The van der Waals surface area contributed by atoms with Crippen molar-refractivity contribution in [3.05, 3.63) is 12.2 Å². The minimum atomic E-state index is -5.63. The van der Waals surface area contributed by atoms with Crippen molar-refractivity contribution in [2.24, 2.45) is 26.1 Å². The Morgan fingerprint density at radius 2 is 1.83 bits per heavy atom. The van der Waals surface area contributed by atoms with E-state index in [4.69, 9.17) is 19.5 Å². The lowest BCUT2D eigenvalue weighted by atomic mass is 9.87. The molecular formula is C25H42N7O17P3S. The fourth-order valence-electron chi connectivity index (χ4n) is 5.09. The molecule has 3 unspecified atom stereocenters. The average Bonchev–Trinajstić information content (AvgIpc) is 3.59. The zero-order valence-corrected chi connectivity index (χ0v) is 32.0. The van der Waals surface area contributed by atoms with E-state index >= 15 is 0 Å². The van der Waals surface area contributed by atoms with Crippen LogP contribution in [0.5, 0.6) is 0 Å². The number of ether oxygens (including phenoxy) is 1. The smallest absolute Gasteiger partial charge is 0.386 e. The third-order valence-corrected chi connectivity index (χ3v) is 11.0. The fraction of sp³-hybridized carbons (Fsp3) is 0.680. The first kappa shape index (κ1) is 45.1. The van der Waals surface area contributed by atoms with Crippen LogP contribution < -0.4 is 16.4 Å². The molecule has 2 amide bonds. The Morgan fingerprint density at radius 3 is 2.45 bits per heavy atom. The van der Waals surface area contributed by atoms with Crippen LogP contribution in [0, 0.1) is 5.41 Å². The Kier molecular flexibility index (Phi) is 15.4. The van der Waals surface area contributed by atoms with E-state index in [1.165, 1.54) is 26.8 Å². The first-order chi connectivity index (χ1) is 24.5. The van der Waals surface area contributed by atoms with Crippen LogP contribution in [0.15, 0.2) is 27.1 Å². The number of phosphoric ester groups is 3. The highest BCUT2D eigenvalue weighted by Gasteiger charge is 2.61. The van der Waals surface area contributed by atoms with E-state index in [9.17, 15) is 57.9 Å². The molecule has 0 saturated carbocycles. The van der Waals surface area contributed by atoms with Crippen LogP contribution in [-0.4, -0.2) is 145 Å². The minimum Gasteiger partial charge on any atom is -0.386 e. The van der Waals surface area contributed by atoms with Crippen LogP contribution in [0.2, 0.25) is 0 Å². The number of amidine groups is 1. The standard InChI is InChI=1S/C25H42N7O17P3S/c1-4-5-15(33)25-19(21(26)29-12-31-25)30-13-32(25)23-17(35)18(48-50(38,39)40)14(47-23)10-45-51(41,42)49-52(43,44)46-11-24(2,3)20(36)22(37)28-7-6-16(34)27-8-9-53/h4-5,12,14,17-18,20,23,35-36,53H,6-11,13H2,1-3H3,(H,27,34)(H,28,37)(H,41,42)(H,43,44)(H2,26,29,31)(H2,38,39,40)/b5-4+/t14-,17-,18-,20+,23-,25?/m1/s1. The number of nitrogens with zero attached hydrogens (tertiary/aromatic N) is 4. The number of carbonyl (C=O) groups is 3. The molecule has 300 valence electrons. The minimum absolute atomic E-state index is 0.115. The van der Waals surface area contributed by atoms with E-state index < -0.39 is 96.8 Å². The number of thiol groups is 1. The molecule has 0 aromatic heterocycles. The second-order valence-electron chi connectivity index (χ2n) is 12.1. The lowest BCUT2D eigenvalue weighted by Crippen LogP contribution is -2.63. The number of rotatable bonds is 20. The number of hydrogen-bond acceptors (Lipinski definition) is 19. The van der Waals surface area contributed by atoms with Crippen LogP contribution in [0.3, 0.4) is 0 Å². The zero-order valence-electron chi connectivity index (χ0n) is 28.4. The van der Waals surface area contributed by atoms with Crippen LogP contribution in [0.25, 0.3) is 0 Å². The third-order valence-electron chi connectivity index (χ3n) is 7.63. The Balaban J connectivity index is 1.68. The maximum atomic E-state index is 13.3. The topological polar surface area (TPSA) is 360 Å². The summed E-state index contributed by atoms with van der Waals surface area (Å²) in [6.07, 6.45) is -6.11. The second-order valence-corrected chi connectivity index (χ2v) is 16.8. The van der Waals surface area contributed by atoms with Gasteiger partial charge in [0, 0.05) is 30.7 Å². The SMILES string of the molecule is C/C=C/C(=O)C12N=CN=C(N)C1=NCN2[C@@H]1O[C@H](COP(=O)(O)OP(=O)(O)OCC(C)(C)[C@@H](O)C(=O)NCCC(=O)NCCS)[C@@H](OP(=O)(O)O)[C@H]1O. The highest BCUT2D eigenvalue weighted by Crippen LogP contribution is 2.61. The van der Waals surface area contributed by atoms with Gasteiger partial charge in [0.25, 0.3) is 0 Å². The molecule has 8 atom stereocenters. The van der Waals surface area contributed by atoms with Gasteiger partial charge in [-0.2, -0.15) is 16.9 Å². The molecule has 1 fully saturated rings. The van der Waals surface area contributed by atoms with Crippen molar-refractivity contribution < 1.29 is 80.5 Å². The van der Waals surface area contributed by atoms with Gasteiger partial charge in [-0.3, -0.25) is 32.9 Å². The maximum Gasteiger partial charge on any atom is 0.481 e. The molecule has 28 heteroatoms. The summed E-state index contributed by atoms with van der Waals surface area (Å²) in [6, 6.07) is 0. The number of allylic oxidation sites excluding steroid dienone is 1. The Bertz CT molecular complexity index is 1660. The molecular weight excluding hydrogens is 795 g/mol. The van der Waals surface area contributed by atoms with Gasteiger partial charge in [0.15, 0.2) is 5.84 Å². The number of aliphatic hydroxyl groups excluding tert-OH is 2. The normalized spacial score (nSPS) is 27.7. The van der Waals surface area contributed by atoms with E-state index in [0.29, 0.717) is 12.3 Å². The number of aliphatic hydroxyl groups is 2. The summed E-state index contributed by atoms with van der Waals surface area (Å²) in [4.78, 5) is 90.1. The lowest BCUT2D eigenvalue weighted by Gasteiger charge is -2.38. The molecule has 0 spiro atoms. The van der Waals surface area contributed by atoms with Crippen molar-refractivity contribution in [3.63, 3.8) is 0 Å². The van der Waals surface area contributed by atoms with E-state index in [1.807, 2.05) is 0 Å². The van der Waals surface area contributed by atoms with Crippen LogP contribution in [0.4, 0.5) is 0 Å². The predicted molar refractivity (Wildman–Crippen MR) is 185 cm³/mol. The highest BCUT2D eigenvalue weighted by atomic mass is 32.1. The van der Waals surface area contributed by atoms with Crippen LogP contribution in [0.1, 0.15) is 27.2 Å². The summed E-state index contributed by atoms with van der Waals surface area (Å²) >= 11 is 3.95. The monoisotopic (exact) mass is 837 g/mol. The number of hydrogen-bond donors (Lipinski definition) is 10. The van der Waals surface area contributed by atoms with E-state index in [2.05, 4.69) is 47.1 Å². The van der Waals surface area contributed by atoms with Crippen molar-refractivity contribution in [2.45, 2.75) is 63.5 Å². The molecule has 0 radical (unpaired) electrons. The molecule has 0 aliphatic carbocycles. The van der Waals surface area contributed by atoms with Gasteiger partial charge in [-0.05, 0) is 13.0 Å². The Hall–Kier alpha value is -2.28. The molecule has 10 N–H and O–H groups in total. The van der Waals surface area contributed by atoms with Gasteiger partial charge in [0.2, 0.25) is 23.3 Å². The number of carbonyl (C=O) groups excluding carboxylic acids is 3. The third kappa shape index (κ3) is 11.6. The van der Waals surface area contributed by atoms with E-state index in [-0.39, 0.29) is 30.4 Å². The Labute approximate surface area is 307 Å². The molecule has 0 aromatic rings. The van der Waals surface area contributed by atoms with Crippen LogP contribution in [-0.2, 0) is 50.7 Å². The maximum absolute atomic E-state index is 13.3. The number of nitrogens with two attached hydrogens (primary N) is 1. The predicted octanol–water partition coefficient (Wildman–Crippen LogP) is -2.31.